The lowest BCUT2D eigenvalue weighted by Gasteiger charge is -2.09. The summed E-state index contributed by atoms with van der Waals surface area (Å²) in [5, 5.41) is 0. The lowest BCUT2D eigenvalue weighted by atomic mass is 9.97. The zero-order valence-electron chi connectivity index (χ0n) is 4.48. The molecule has 0 amide bonds. The zero-order chi connectivity index (χ0) is 5.11. The summed E-state index contributed by atoms with van der Waals surface area (Å²) in [6, 6.07) is 0. The standard InChI is InChI=1S/C7H10/c1-7-5-3-2-4-6-7/h5-6H,1-4H2. The van der Waals surface area contributed by atoms with E-state index in [9.17, 15) is 0 Å². The van der Waals surface area contributed by atoms with Crippen LogP contribution in [0.15, 0.2) is 12.2 Å². The van der Waals surface area contributed by atoms with E-state index in [0.29, 0.717) is 0 Å². The van der Waals surface area contributed by atoms with Crippen molar-refractivity contribution in [2.24, 2.45) is 0 Å². The molecule has 1 saturated carbocycles. The van der Waals surface area contributed by atoms with E-state index >= 15 is 0 Å². The molecule has 1 rings (SSSR count). The molecule has 2 radical (unpaired) electrons. The number of rotatable bonds is 0. The van der Waals surface area contributed by atoms with Crippen molar-refractivity contribution in [3.05, 3.63) is 25.0 Å². The second kappa shape index (κ2) is 2.15. The minimum absolute atomic E-state index is 1.21. The van der Waals surface area contributed by atoms with E-state index < -0.39 is 0 Å². The number of hydrogen-bond acceptors (Lipinski definition) is 0. The largest absolute Gasteiger partial charge is 0.0993 e. The van der Waals surface area contributed by atoms with Crippen LogP contribution < -0.4 is 0 Å². The van der Waals surface area contributed by atoms with Gasteiger partial charge in [-0.1, -0.05) is 18.6 Å². The van der Waals surface area contributed by atoms with E-state index in [0.717, 1.165) is 0 Å². The summed E-state index contributed by atoms with van der Waals surface area (Å²) < 4.78 is 0. The first-order valence-corrected chi connectivity index (χ1v) is 2.75. The summed E-state index contributed by atoms with van der Waals surface area (Å²) in [5.74, 6) is 0. The lowest BCUT2D eigenvalue weighted by Crippen LogP contribution is -1.92. The van der Waals surface area contributed by atoms with Gasteiger partial charge in [0.25, 0.3) is 0 Å². The highest BCUT2D eigenvalue weighted by Crippen LogP contribution is 2.18. The second-order valence-corrected chi connectivity index (χ2v) is 1.91. The third-order valence-corrected chi connectivity index (χ3v) is 1.22. The van der Waals surface area contributed by atoms with E-state index in [-0.39, 0.29) is 0 Å². The highest BCUT2D eigenvalue weighted by atomic mass is 14.1. The third-order valence-electron chi connectivity index (χ3n) is 1.22. The zero-order valence-corrected chi connectivity index (χ0v) is 4.48. The predicted octanol–water partition coefficient (Wildman–Crippen LogP) is 2.14. The van der Waals surface area contributed by atoms with Crippen LogP contribution in [-0.2, 0) is 0 Å². The van der Waals surface area contributed by atoms with Gasteiger partial charge in [0.15, 0.2) is 0 Å². The van der Waals surface area contributed by atoms with Crippen LogP contribution in [0.2, 0.25) is 0 Å². The molecule has 0 spiro atoms. The van der Waals surface area contributed by atoms with Crippen LogP contribution in [0.25, 0.3) is 0 Å². The van der Waals surface area contributed by atoms with Gasteiger partial charge in [0.1, 0.15) is 0 Å². The molecule has 1 fully saturated rings. The monoisotopic (exact) mass is 94.1 g/mol. The van der Waals surface area contributed by atoms with Crippen LogP contribution in [0.4, 0.5) is 0 Å². The molecule has 0 aromatic rings. The fourth-order valence-corrected chi connectivity index (χ4v) is 0.776. The molecule has 0 heteroatoms. The van der Waals surface area contributed by atoms with E-state index in [2.05, 4.69) is 19.4 Å². The van der Waals surface area contributed by atoms with Crippen molar-refractivity contribution in [1.82, 2.24) is 0 Å². The van der Waals surface area contributed by atoms with Gasteiger partial charge in [0.05, 0.1) is 0 Å². The molecule has 7 heavy (non-hydrogen) atoms. The quantitative estimate of drug-likeness (QED) is 0.431. The summed E-state index contributed by atoms with van der Waals surface area (Å²) >= 11 is 0. The summed E-state index contributed by atoms with van der Waals surface area (Å²) in [5.41, 5.74) is 1.21. The van der Waals surface area contributed by atoms with Gasteiger partial charge in [-0.25, -0.2) is 0 Å². The van der Waals surface area contributed by atoms with Crippen molar-refractivity contribution in [2.45, 2.75) is 19.3 Å². The van der Waals surface area contributed by atoms with Gasteiger partial charge in [0.2, 0.25) is 0 Å². The predicted molar refractivity (Wildman–Crippen MR) is 31.6 cm³/mol. The van der Waals surface area contributed by atoms with Gasteiger partial charge >= 0.3 is 0 Å². The third kappa shape index (κ3) is 1.34. The van der Waals surface area contributed by atoms with Crippen molar-refractivity contribution in [3.63, 3.8) is 0 Å². The SMILES string of the molecule is C=C1[CH]CCC[CH]1. The maximum atomic E-state index is 3.80. The fraction of sp³-hybridized carbons (Fsp3) is 0.429. The van der Waals surface area contributed by atoms with Crippen LogP contribution in [0.5, 0.6) is 0 Å². The fourth-order valence-electron chi connectivity index (χ4n) is 0.776. The van der Waals surface area contributed by atoms with Crippen molar-refractivity contribution >= 4 is 0 Å². The molecule has 1 aliphatic rings. The molecule has 0 aromatic carbocycles. The molecule has 0 unspecified atom stereocenters. The van der Waals surface area contributed by atoms with E-state index in [4.69, 9.17) is 0 Å². The Labute approximate surface area is 45.2 Å². The highest BCUT2D eigenvalue weighted by molar-refractivity contribution is 5.20. The maximum Gasteiger partial charge on any atom is -0.0137 e. The summed E-state index contributed by atoms with van der Waals surface area (Å²) in [6.07, 6.45) is 8.15. The maximum absolute atomic E-state index is 3.80. The summed E-state index contributed by atoms with van der Waals surface area (Å²) in [7, 11) is 0. The molecule has 0 aliphatic heterocycles. The molecular weight excluding hydrogens is 84.1 g/mol. The summed E-state index contributed by atoms with van der Waals surface area (Å²) in [6.45, 7) is 3.80. The van der Waals surface area contributed by atoms with Crippen molar-refractivity contribution < 1.29 is 0 Å². The molecule has 0 aromatic heterocycles. The van der Waals surface area contributed by atoms with Gasteiger partial charge < -0.3 is 0 Å². The van der Waals surface area contributed by atoms with Gasteiger partial charge in [-0.2, -0.15) is 0 Å². The Hall–Kier alpha value is -0.260. The van der Waals surface area contributed by atoms with E-state index in [1.807, 2.05) is 0 Å². The smallest absolute Gasteiger partial charge is 0.0137 e. The second-order valence-electron chi connectivity index (χ2n) is 1.91. The Morgan fingerprint density at radius 3 is 2.14 bits per heavy atom. The minimum Gasteiger partial charge on any atom is -0.0993 e. The Bertz CT molecular complexity index is 64.1. The van der Waals surface area contributed by atoms with E-state index in [1.165, 1.54) is 24.8 Å². The molecule has 0 bridgehead atoms. The first kappa shape index (κ1) is 4.89. The van der Waals surface area contributed by atoms with Gasteiger partial charge in [-0.3, -0.25) is 0 Å². The molecule has 1 aliphatic carbocycles. The molecular formula is C7H10. The van der Waals surface area contributed by atoms with Crippen molar-refractivity contribution in [1.29, 1.82) is 0 Å². The van der Waals surface area contributed by atoms with Gasteiger partial charge in [-0.05, 0) is 25.7 Å². The highest BCUT2D eigenvalue weighted by Gasteiger charge is 2.01. The normalized spacial score (nSPS) is 22.6. The van der Waals surface area contributed by atoms with Gasteiger partial charge in [0, 0.05) is 0 Å². The van der Waals surface area contributed by atoms with Crippen LogP contribution in [0.1, 0.15) is 19.3 Å². The first-order chi connectivity index (χ1) is 3.39. The topological polar surface area (TPSA) is 0 Å². The number of allylic oxidation sites excluding steroid dienone is 1. The first-order valence-electron chi connectivity index (χ1n) is 2.75. The Kier molecular flexibility index (Phi) is 1.50. The van der Waals surface area contributed by atoms with Crippen LogP contribution in [-0.4, -0.2) is 0 Å². The van der Waals surface area contributed by atoms with E-state index in [1.54, 1.807) is 0 Å². The van der Waals surface area contributed by atoms with Gasteiger partial charge in [-0.15, -0.1) is 0 Å². The van der Waals surface area contributed by atoms with Crippen LogP contribution in [0.3, 0.4) is 0 Å². The minimum atomic E-state index is 1.21. The molecule has 0 saturated heterocycles. The average Bonchev–Trinajstić information content (AvgIpc) is 1.69. The number of hydrogen-bond donors (Lipinski definition) is 0. The Morgan fingerprint density at radius 1 is 1.29 bits per heavy atom. The molecule has 0 atom stereocenters. The molecule has 0 nitrogen and oxygen atoms in total. The molecule has 0 heterocycles. The van der Waals surface area contributed by atoms with Crippen LogP contribution in [0, 0.1) is 12.8 Å². The molecule has 0 N–H and O–H groups in total. The van der Waals surface area contributed by atoms with Crippen molar-refractivity contribution in [3.8, 4) is 0 Å². The lowest BCUT2D eigenvalue weighted by molar-refractivity contribution is 0.765. The van der Waals surface area contributed by atoms with Crippen LogP contribution >= 0.6 is 0 Å². The Balaban J connectivity index is 2.25. The Morgan fingerprint density at radius 2 is 1.86 bits per heavy atom. The average molecular weight is 94.2 g/mol. The summed E-state index contributed by atoms with van der Waals surface area (Å²) in [4.78, 5) is 0. The molecule has 38 valence electrons. The van der Waals surface area contributed by atoms with Crippen molar-refractivity contribution in [2.75, 3.05) is 0 Å².